The van der Waals surface area contributed by atoms with E-state index in [0.717, 1.165) is 62.4 Å². The predicted octanol–water partition coefficient (Wildman–Crippen LogP) is 13.1. The van der Waals surface area contributed by atoms with E-state index in [4.69, 9.17) is 0 Å². The molecular formula is C41H20Br6O5. The Morgan fingerprint density at radius 2 is 0.462 bits per heavy atom. The topological polar surface area (TPSA) is 85.3 Å². The molecule has 0 aromatic heterocycles. The smallest absolute Gasteiger partial charge is 0.234 e. The molecule has 0 heterocycles. The van der Waals surface area contributed by atoms with Crippen LogP contribution in [0, 0.1) is 0 Å². The lowest BCUT2D eigenvalue weighted by Gasteiger charge is -2.18. The van der Waals surface area contributed by atoms with E-state index < -0.39 is 23.1 Å². The van der Waals surface area contributed by atoms with Gasteiger partial charge in [-0.1, -0.05) is 112 Å². The minimum Gasteiger partial charge on any atom is -0.289 e. The Bertz CT molecular complexity index is 2320. The van der Waals surface area contributed by atoms with Crippen molar-refractivity contribution in [2.45, 2.75) is 0 Å². The Hall–Kier alpha value is -3.45. The van der Waals surface area contributed by atoms with E-state index in [1.807, 2.05) is 72.8 Å². The van der Waals surface area contributed by atoms with Gasteiger partial charge in [0, 0.05) is 79.5 Å². The lowest BCUT2D eigenvalue weighted by Crippen LogP contribution is -2.21. The summed E-state index contributed by atoms with van der Waals surface area (Å²) in [5.74, 6) is -1.58. The molecule has 0 radical (unpaired) electrons. The lowest BCUT2D eigenvalue weighted by atomic mass is 9.84. The summed E-state index contributed by atoms with van der Waals surface area (Å²) >= 11 is 19.1. The molecule has 3 aliphatic rings. The van der Waals surface area contributed by atoms with E-state index in [2.05, 4.69) is 92.0 Å². The van der Waals surface area contributed by atoms with Crippen molar-refractivity contribution in [2.24, 2.45) is 0 Å². The highest BCUT2D eigenvalue weighted by Crippen LogP contribution is 2.40. The number of hydrogen-bond donors (Lipinski definition) is 0. The molecule has 0 aliphatic heterocycles. The second kappa shape index (κ2) is 16.3. The van der Waals surface area contributed by atoms with E-state index in [1.54, 1.807) is 48.5 Å². The van der Waals surface area contributed by atoms with Gasteiger partial charge in [-0.15, -0.1) is 0 Å². The van der Waals surface area contributed by atoms with Gasteiger partial charge in [0.25, 0.3) is 0 Å². The molecule has 0 bridgehead atoms. The average molecular weight is 1070 g/mol. The monoisotopic (exact) mass is 1070 g/mol. The highest BCUT2D eigenvalue weighted by molar-refractivity contribution is 9.93. The standard InChI is InChI=1S/C14H6Br2O2.C14H8O2.C13H6Br2O.Br2/c15-7-1-3-9-11(5-7)12-6-8(16)2-4-10(12)14(18)13(9)17;15-13-11-7-3-1-5-9(11)10-6-2-4-8-12(10)14(13)16;14-7-1-3-9-11(5-7)12-6-8(15)2-4-10(12)13(9)16;1-2/h1-6H;1-8H;1-6H;. The molecule has 0 unspecified atom stereocenters. The molecule has 6 aromatic carbocycles. The molecule has 0 spiro atoms. The Morgan fingerprint density at radius 1 is 0.250 bits per heavy atom. The van der Waals surface area contributed by atoms with E-state index in [1.165, 1.54) is 0 Å². The number of fused-ring (bicyclic) bond motifs is 9. The normalized spacial score (nSPS) is 12.6. The highest BCUT2D eigenvalue weighted by Gasteiger charge is 2.31. The van der Waals surface area contributed by atoms with Crippen LogP contribution < -0.4 is 0 Å². The van der Waals surface area contributed by atoms with Crippen molar-refractivity contribution in [3.8, 4) is 33.4 Å². The van der Waals surface area contributed by atoms with Gasteiger partial charge in [-0.3, -0.25) is 24.0 Å². The maximum atomic E-state index is 12.1. The van der Waals surface area contributed by atoms with Gasteiger partial charge in [0.1, 0.15) is 0 Å². The van der Waals surface area contributed by atoms with Crippen molar-refractivity contribution in [1.29, 1.82) is 0 Å². The van der Waals surface area contributed by atoms with Crippen LogP contribution >= 0.6 is 92.0 Å². The largest absolute Gasteiger partial charge is 0.289 e. The SMILES string of the molecule is BrBr.O=C1C(=O)c2ccc(Br)cc2-c2cc(Br)ccc21.O=C1C(=O)c2ccccc2-c2ccccc21.O=C1c2ccc(Br)cc2-c2cc(Br)ccc21. The molecule has 5 nitrogen and oxygen atoms in total. The second-order valence-corrected chi connectivity index (χ2v) is 15.2. The zero-order chi connectivity index (χ0) is 37.3. The van der Waals surface area contributed by atoms with Crippen molar-refractivity contribution in [1.82, 2.24) is 0 Å². The number of benzene rings is 6. The van der Waals surface area contributed by atoms with Gasteiger partial charge in [0.05, 0.1) is 0 Å². The zero-order valence-electron chi connectivity index (χ0n) is 26.4. The molecule has 11 heteroatoms. The summed E-state index contributed by atoms with van der Waals surface area (Å²) in [6.07, 6.45) is 0. The molecule has 52 heavy (non-hydrogen) atoms. The quantitative estimate of drug-likeness (QED) is 0.141. The van der Waals surface area contributed by atoms with Crippen molar-refractivity contribution in [3.05, 3.63) is 173 Å². The van der Waals surface area contributed by atoms with Crippen LogP contribution in [0.25, 0.3) is 33.4 Å². The molecule has 9 rings (SSSR count). The van der Waals surface area contributed by atoms with Gasteiger partial charge >= 0.3 is 0 Å². The lowest BCUT2D eigenvalue weighted by molar-refractivity contribution is 0.0815. The van der Waals surface area contributed by atoms with Crippen LogP contribution in [0.1, 0.15) is 57.4 Å². The number of Topliss-reactive ketones (excluding diaryl/α,β-unsaturated/α-hetero) is 4. The number of carbonyl (C=O) groups is 5. The molecular weight excluding hydrogens is 1050 g/mol. The summed E-state index contributed by atoms with van der Waals surface area (Å²) in [4.78, 5) is 59.7. The van der Waals surface area contributed by atoms with Crippen LogP contribution in [0.2, 0.25) is 0 Å². The highest BCUT2D eigenvalue weighted by atomic mass is 80.9. The summed E-state index contributed by atoms with van der Waals surface area (Å²) in [5.41, 5.74) is 8.83. The maximum Gasteiger partial charge on any atom is 0.234 e. The Labute approximate surface area is 347 Å². The molecule has 3 aliphatic carbocycles. The fraction of sp³-hybridized carbons (Fsp3) is 0. The molecule has 0 fully saturated rings. The fourth-order valence-electron chi connectivity index (χ4n) is 6.22. The van der Waals surface area contributed by atoms with E-state index >= 15 is 0 Å². The molecule has 0 saturated carbocycles. The first-order valence-corrected chi connectivity index (χ1v) is 22.2. The van der Waals surface area contributed by atoms with Crippen LogP contribution in [0.4, 0.5) is 0 Å². The fourth-order valence-corrected chi connectivity index (χ4v) is 7.66. The summed E-state index contributed by atoms with van der Waals surface area (Å²) in [7, 11) is 0. The molecule has 0 atom stereocenters. The number of ketones is 5. The van der Waals surface area contributed by atoms with E-state index in [9.17, 15) is 24.0 Å². The zero-order valence-corrected chi connectivity index (χ0v) is 35.9. The minimum atomic E-state index is -0.438. The predicted molar refractivity (Wildman–Crippen MR) is 225 cm³/mol. The van der Waals surface area contributed by atoms with E-state index in [-0.39, 0.29) is 5.78 Å². The summed E-state index contributed by atoms with van der Waals surface area (Å²) < 4.78 is 3.75. The van der Waals surface area contributed by atoms with Gasteiger partial charge in [-0.2, -0.15) is 0 Å². The summed E-state index contributed by atoms with van der Waals surface area (Å²) in [6, 6.07) is 36.6. The van der Waals surface area contributed by atoms with E-state index in [0.29, 0.717) is 22.3 Å². The van der Waals surface area contributed by atoms with Crippen LogP contribution in [-0.4, -0.2) is 28.9 Å². The molecule has 0 amide bonds. The molecule has 0 saturated heterocycles. The third kappa shape index (κ3) is 7.36. The summed E-state index contributed by atoms with van der Waals surface area (Å²) in [5, 5.41) is 0. The molecule has 256 valence electrons. The van der Waals surface area contributed by atoms with Gasteiger partial charge in [0.15, 0.2) is 5.78 Å². The Balaban J connectivity index is 0.000000131. The summed E-state index contributed by atoms with van der Waals surface area (Å²) in [6.45, 7) is 0. The number of rotatable bonds is 0. The molecule has 6 aromatic rings. The van der Waals surface area contributed by atoms with Crippen LogP contribution in [-0.2, 0) is 0 Å². The van der Waals surface area contributed by atoms with Crippen LogP contribution in [0.5, 0.6) is 0 Å². The number of carbonyl (C=O) groups excluding carboxylic acids is 5. The Morgan fingerprint density at radius 3 is 0.731 bits per heavy atom. The van der Waals surface area contributed by atoms with Gasteiger partial charge in [0.2, 0.25) is 23.1 Å². The third-order valence-electron chi connectivity index (χ3n) is 8.53. The first kappa shape index (κ1) is 38.3. The van der Waals surface area contributed by atoms with Crippen molar-refractivity contribution < 1.29 is 24.0 Å². The van der Waals surface area contributed by atoms with Crippen LogP contribution in [0.3, 0.4) is 0 Å². The molecule has 0 N–H and O–H groups in total. The first-order chi connectivity index (χ1) is 25.0. The average Bonchev–Trinajstić information content (AvgIpc) is 3.43. The van der Waals surface area contributed by atoms with Gasteiger partial charge in [-0.05, 0) is 106 Å². The van der Waals surface area contributed by atoms with Crippen molar-refractivity contribution in [2.75, 3.05) is 0 Å². The third-order valence-corrected chi connectivity index (χ3v) is 10.5. The minimum absolute atomic E-state index is 0.116. The first-order valence-electron chi connectivity index (χ1n) is 15.3. The Kier molecular flexibility index (Phi) is 12.0. The van der Waals surface area contributed by atoms with Gasteiger partial charge < -0.3 is 0 Å². The van der Waals surface area contributed by atoms with Gasteiger partial charge in [-0.25, -0.2) is 0 Å². The van der Waals surface area contributed by atoms with Crippen LogP contribution in [0.15, 0.2) is 139 Å². The maximum absolute atomic E-state index is 12.1. The van der Waals surface area contributed by atoms with Crippen molar-refractivity contribution in [3.63, 3.8) is 0 Å². The second-order valence-electron chi connectivity index (χ2n) is 11.5. The number of hydrogen-bond acceptors (Lipinski definition) is 5. The van der Waals surface area contributed by atoms with Crippen molar-refractivity contribution >= 4 is 121 Å². The number of halogens is 6.